The Hall–Kier alpha value is -1.86. The molecule has 3 fully saturated rings. The molecule has 1 saturated carbocycles. The van der Waals surface area contributed by atoms with E-state index in [1.807, 2.05) is 11.3 Å². The molecule has 184 valence electrons. The minimum atomic E-state index is 0.707. The normalized spacial score (nSPS) is 19.8. The fourth-order valence-electron chi connectivity index (χ4n) is 5.20. The maximum absolute atomic E-state index is 3.83. The monoisotopic (exact) mass is 479 g/mol. The number of rotatable bonds is 9. The Morgan fingerprint density at radius 3 is 2.44 bits per heavy atom. The Bertz CT molecular complexity index is 930. The van der Waals surface area contributed by atoms with Gasteiger partial charge in [0.05, 0.1) is 10.6 Å². The summed E-state index contributed by atoms with van der Waals surface area (Å²) >= 11 is 1.94. The molecule has 5 nitrogen and oxygen atoms in total. The van der Waals surface area contributed by atoms with Gasteiger partial charge < -0.3 is 25.8 Å². The highest BCUT2D eigenvalue weighted by Crippen LogP contribution is 2.37. The van der Waals surface area contributed by atoms with Crippen LogP contribution in [0.1, 0.15) is 43.4 Å². The van der Waals surface area contributed by atoms with Crippen LogP contribution in [-0.2, 0) is 0 Å². The van der Waals surface area contributed by atoms with E-state index in [4.69, 9.17) is 0 Å². The summed E-state index contributed by atoms with van der Waals surface area (Å²) < 4.78 is 0. The molecule has 0 atom stereocenters. The van der Waals surface area contributed by atoms with Gasteiger partial charge in [0.25, 0.3) is 0 Å². The number of hydrogen-bond acceptors (Lipinski definition) is 6. The number of thiophene rings is 1. The van der Waals surface area contributed by atoms with Crippen molar-refractivity contribution in [2.24, 2.45) is 0 Å². The molecular weight excluding hydrogens is 438 g/mol. The number of piperazine rings is 1. The molecule has 3 heterocycles. The SMILES string of the molecule is CN1CCC(NCCCNC(=C2CCC2)c2ccc(-c3ccc(N4CCNCC4)cc3)s2)CC1. The van der Waals surface area contributed by atoms with Crippen molar-refractivity contribution >= 4 is 22.7 Å². The molecule has 0 amide bonds. The lowest BCUT2D eigenvalue weighted by molar-refractivity contribution is 0.235. The molecule has 6 heteroatoms. The predicted octanol–water partition coefficient (Wildman–Crippen LogP) is 4.38. The van der Waals surface area contributed by atoms with Gasteiger partial charge in [-0.3, -0.25) is 0 Å². The minimum Gasteiger partial charge on any atom is -0.384 e. The van der Waals surface area contributed by atoms with Crippen LogP contribution >= 0.6 is 11.3 Å². The van der Waals surface area contributed by atoms with E-state index in [0.717, 1.165) is 39.3 Å². The maximum atomic E-state index is 3.83. The van der Waals surface area contributed by atoms with E-state index < -0.39 is 0 Å². The molecule has 0 unspecified atom stereocenters. The zero-order valence-corrected chi connectivity index (χ0v) is 21.6. The van der Waals surface area contributed by atoms with Gasteiger partial charge in [-0.05, 0) is 101 Å². The summed E-state index contributed by atoms with van der Waals surface area (Å²) in [4.78, 5) is 7.68. The third-order valence-electron chi connectivity index (χ3n) is 7.60. The van der Waals surface area contributed by atoms with Gasteiger partial charge >= 0.3 is 0 Å². The summed E-state index contributed by atoms with van der Waals surface area (Å²) in [7, 11) is 2.23. The van der Waals surface area contributed by atoms with Gasteiger partial charge in [0, 0.05) is 49.3 Å². The Morgan fingerprint density at radius 2 is 1.74 bits per heavy atom. The topological polar surface area (TPSA) is 42.6 Å². The van der Waals surface area contributed by atoms with E-state index in [9.17, 15) is 0 Å². The van der Waals surface area contributed by atoms with Crippen LogP contribution in [0.2, 0.25) is 0 Å². The smallest absolute Gasteiger partial charge is 0.0508 e. The first-order chi connectivity index (χ1) is 16.8. The lowest BCUT2D eigenvalue weighted by Crippen LogP contribution is -2.43. The van der Waals surface area contributed by atoms with E-state index in [1.54, 1.807) is 5.57 Å². The van der Waals surface area contributed by atoms with Crippen LogP contribution in [0.25, 0.3) is 16.1 Å². The van der Waals surface area contributed by atoms with E-state index in [1.165, 1.54) is 78.3 Å². The fraction of sp³-hybridized carbons (Fsp3) is 0.571. The van der Waals surface area contributed by atoms with Gasteiger partial charge in [-0.2, -0.15) is 0 Å². The van der Waals surface area contributed by atoms with Crippen LogP contribution in [0.4, 0.5) is 5.69 Å². The molecule has 1 aliphatic carbocycles. The second-order valence-electron chi connectivity index (χ2n) is 10.1. The summed E-state index contributed by atoms with van der Waals surface area (Å²) in [5.41, 5.74) is 5.70. The molecule has 1 aromatic heterocycles. The highest BCUT2D eigenvalue weighted by Gasteiger charge is 2.19. The highest BCUT2D eigenvalue weighted by atomic mass is 32.1. The first-order valence-electron chi connectivity index (χ1n) is 13.3. The van der Waals surface area contributed by atoms with Crippen molar-refractivity contribution in [1.29, 1.82) is 0 Å². The van der Waals surface area contributed by atoms with Gasteiger partial charge in [0.1, 0.15) is 0 Å². The van der Waals surface area contributed by atoms with Crippen LogP contribution in [-0.4, -0.2) is 70.3 Å². The molecule has 3 N–H and O–H groups in total. The lowest BCUT2D eigenvalue weighted by atomic mass is 9.90. The number of allylic oxidation sites excluding steroid dienone is 1. The minimum absolute atomic E-state index is 0.707. The van der Waals surface area contributed by atoms with E-state index >= 15 is 0 Å². The van der Waals surface area contributed by atoms with Crippen molar-refractivity contribution < 1.29 is 0 Å². The van der Waals surface area contributed by atoms with Gasteiger partial charge in [0.15, 0.2) is 0 Å². The van der Waals surface area contributed by atoms with Crippen molar-refractivity contribution in [2.45, 2.75) is 44.6 Å². The summed E-state index contributed by atoms with van der Waals surface area (Å²) in [5.74, 6) is 0. The number of benzene rings is 1. The Kier molecular flexibility index (Phi) is 8.22. The number of piperidine rings is 1. The average molecular weight is 480 g/mol. The van der Waals surface area contributed by atoms with Crippen LogP contribution in [0.5, 0.6) is 0 Å². The number of hydrogen-bond donors (Lipinski definition) is 3. The van der Waals surface area contributed by atoms with Crippen LogP contribution in [0, 0.1) is 0 Å². The predicted molar refractivity (Wildman–Crippen MR) is 147 cm³/mol. The van der Waals surface area contributed by atoms with Crippen molar-refractivity contribution in [2.75, 3.05) is 64.3 Å². The van der Waals surface area contributed by atoms with Crippen molar-refractivity contribution in [3.63, 3.8) is 0 Å². The average Bonchev–Trinajstić information content (AvgIpc) is 3.34. The molecule has 0 radical (unpaired) electrons. The molecular formula is C28H41N5S. The van der Waals surface area contributed by atoms with Gasteiger partial charge in [-0.1, -0.05) is 12.1 Å². The number of nitrogens with zero attached hydrogens (tertiary/aromatic N) is 2. The van der Waals surface area contributed by atoms with Gasteiger partial charge in [0.2, 0.25) is 0 Å². The van der Waals surface area contributed by atoms with Crippen molar-refractivity contribution in [3.05, 3.63) is 46.8 Å². The molecule has 2 saturated heterocycles. The summed E-state index contributed by atoms with van der Waals surface area (Å²) in [5, 5.41) is 11.0. The highest BCUT2D eigenvalue weighted by molar-refractivity contribution is 7.16. The molecule has 0 spiro atoms. The summed E-state index contributed by atoms with van der Waals surface area (Å²) in [6.07, 6.45) is 7.59. The Morgan fingerprint density at radius 1 is 0.971 bits per heavy atom. The number of likely N-dealkylation sites (tertiary alicyclic amines) is 1. The Balaban J connectivity index is 1.15. The van der Waals surface area contributed by atoms with Crippen LogP contribution in [0.15, 0.2) is 42.0 Å². The summed E-state index contributed by atoms with van der Waals surface area (Å²) in [6.45, 7) is 8.96. The second kappa shape index (κ2) is 11.7. The molecule has 5 rings (SSSR count). The molecule has 2 aromatic rings. The fourth-order valence-corrected chi connectivity index (χ4v) is 6.28. The molecule has 3 aliphatic rings. The van der Waals surface area contributed by atoms with Gasteiger partial charge in [-0.25, -0.2) is 0 Å². The third-order valence-corrected chi connectivity index (χ3v) is 8.76. The van der Waals surface area contributed by atoms with E-state index in [-0.39, 0.29) is 0 Å². The number of nitrogens with one attached hydrogen (secondary N) is 3. The summed E-state index contributed by atoms with van der Waals surface area (Å²) in [6, 6.07) is 14.5. The quantitative estimate of drug-likeness (QED) is 0.466. The van der Waals surface area contributed by atoms with Crippen LogP contribution < -0.4 is 20.9 Å². The standard InChI is InChI=1S/C28H41N5S/c1-32-18-12-24(13-19-32)30-14-3-15-31-28(23-4-2-5-23)27-11-10-26(34-27)22-6-8-25(9-7-22)33-20-16-29-17-21-33/h6-11,24,29-31H,2-5,12-21H2,1H3. The molecule has 2 aliphatic heterocycles. The molecule has 1 aromatic carbocycles. The van der Waals surface area contributed by atoms with Gasteiger partial charge in [-0.15, -0.1) is 11.3 Å². The van der Waals surface area contributed by atoms with Crippen LogP contribution in [0.3, 0.4) is 0 Å². The zero-order chi connectivity index (χ0) is 23.2. The van der Waals surface area contributed by atoms with E-state index in [0.29, 0.717) is 6.04 Å². The van der Waals surface area contributed by atoms with Crippen molar-refractivity contribution in [3.8, 4) is 10.4 Å². The first kappa shape index (κ1) is 23.9. The largest absolute Gasteiger partial charge is 0.384 e. The maximum Gasteiger partial charge on any atom is 0.0508 e. The second-order valence-corrected chi connectivity index (χ2v) is 11.2. The lowest BCUT2D eigenvalue weighted by Gasteiger charge is -2.29. The first-order valence-corrected chi connectivity index (χ1v) is 14.1. The third kappa shape index (κ3) is 6.03. The Labute approximate surface area is 209 Å². The molecule has 0 bridgehead atoms. The van der Waals surface area contributed by atoms with Crippen molar-refractivity contribution in [1.82, 2.24) is 20.9 Å². The molecule has 34 heavy (non-hydrogen) atoms. The van der Waals surface area contributed by atoms with E-state index in [2.05, 4.69) is 69.2 Å². The zero-order valence-electron chi connectivity index (χ0n) is 20.7. The number of anilines is 1.